The first-order chi connectivity index (χ1) is 7.87. The van der Waals surface area contributed by atoms with Crippen LogP contribution in [0.4, 0.5) is 13.2 Å². The van der Waals surface area contributed by atoms with Gasteiger partial charge in [-0.2, -0.15) is 5.26 Å². The molecule has 0 saturated heterocycles. The molecule has 0 aliphatic carbocycles. The van der Waals surface area contributed by atoms with Gasteiger partial charge in [0.2, 0.25) is 5.43 Å². The van der Waals surface area contributed by atoms with Crippen molar-refractivity contribution in [2.75, 3.05) is 0 Å². The van der Waals surface area contributed by atoms with E-state index >= 15 is 0 Å². The minimum atomic E-state index is -4.97. The molecular formula is C9H6ClF3N2O2. The van der Waals surface area contributed by atoms with E-state index in [1.165, 1.54) is 0 Å². The number of hydrogen-bond acceptors (Lipinski definition) is 3. The molecular weight excluding hydrogens is 261 g/mol. The van der Waals surface area contributed by atoms with Crippen LogP contribution in [0.3, 0.4) is 0 Å². The number of alkyl halides is 4. The summed E-state index contributed by atoms with van der Waals surface area (Å²) in [4.78, 5) is 13.8. The van der Waals surface area contributed by atoms with Crippen LogP contribution in [0.1, 0.15) is 11.4 Å². The van der Waals surface area contributed by atoms with Crippen molar-refractivity contribution < 1.29 is 17.9 Å². The zero-order chi connectivity index (χ0) is 13.1. The number of ether oxygens (including phenoxy) is 1. The van der Waals surface area contributed by atoms with Gasteiger partial charge in [-0.25, -0.2) is 0 Å². The zero-order valence-electron chi connectivity index (χ0n) is 8.27. The van der Waals surface area contributed by atoms with Gasteiger partial charge in [-0.15, -0.1) is 24.8 Å². The highest BCUT2D eigenvalue weighted by molar-refractivity contribution is 6.17. The summed E-state index contributed by atoms with van der Waals surface area (Å²) in [5.74, 6) is -1.26. The van der Waals surface area contributed by atoms with Crippen LogP contribution < -0.4 is 10.2 Å². The standard InChI is InChI=1S/C9H6ClF3N2O2/c10-4-6-8(17-9(11,12)13)7(16)3-5(15-6)1-2-14/h3H,1,4H2,(H,15,16). The number of H-pyrrole nitrogens is 1. The van der Waals surface area contributed by atoms with Gasteiger partial charge in [-0.1, -0.05) is 0 Å². The second-order valence-electron chi connectivity index (χ2n) is 2.98. The molecule has 1 aromatic rings. The lowest BCUT2D eigenvalue weighted by Crippen LogP contribution is -2.23. The first-order valence-electron chi connectivity index (χ1n) is 4.31. The predicted octanol–water partition coefficient (Wildman–Crippen LogP) is 2.08. The number of nitriles is 1. The minimum Gasteiger partial charge on any atom is -0.400 e. The predicted molar refractivity (Wildman–Crippen MR) is 52.6 cm³/mol. The molecule has 0 aromatic carbocycles. The van der Waals surface area contributed by atoms with Crippen molar-refractivity contribution in [3.8, 4) is 11.8 Å². The molecule has 0 radical (unpaired) electrons. The zero-order valence-corrected chi connectivity index (χ0v) is 9.02. The highest BCUT2D eigenvalue weighted by Gasteiger charge is 2.33. The molecule has 8 heteroatoms. The highest BCUT2D eigenvalue weighted by Crippen LogP contribution is 2.23. The second kappa shape index (κ2) is 5.10. The lowest BCUT2D eigenvalue weighted by Gasteiger charge is -2.11. The van der Waals surface area contributed by atoms with Crippen molar-refractivity contribution >= 4 is 11.6 Å². The fourth-order valence-corrected chi connectivity index (χ4v) is 1.35. The van der Waals surface area contributed by atoms with Crippen molar-refractivity contribution in [2.45, 2.75) is 18.7 Å². The monoisotopic (exact) mass is 266 g/mol. The maximum Gasteiger partial charge on any atom is 0.573 e. The summed E-state index contributed by atoms with van der Waals surface area (Å²) >= 11 is 5.40. The molecule has 1 aromatic heterocycles. The maximum absolute atomic E-state index is 12.0. The van der Waals surface area contributed by atoms with Gasteiger partial charge in [-0.3, -0.25) is 4.79 Å². The normalized spacial score (nSPS) is 11.0. The van der Waals surface area contributed by atoms with Crippen LogP contribution >= 0.6 is 11.6 Å². The summed E-state index contributed by atoms with van der Waals surface area (Å²) < 4.78 is 39.6. The molecule has 1 heterocycles. The van der Waals surface area contributed by atoms with Crippen molar-refractivity contribution in [1.82, 2.24) is 4.98 Å². The molecule has 0 bridgehead atoms. The molecule has 0 spiro atoms. The van der Waals surface area contributed by atoms with Gasteiger partial charge in [-0.05, 0) is 0 Å². The topological polar surface area (TPSA) is 65.9 Å². The van der Waals surface area contributed by atoms with E-state index in [1.54, 1.807) is 6.07 Å². The highest BCUT2D eigenvalue weighted by atomic mass is 35.5. The molecule has 0 aliphatic heterocycles. The van der Waals surface area contributed by atoms with E-state index in [-0.39, 0.29) is 23.7 Å². The summed E-state index contributed by atoms with van der Waals surface area (Å²) in [7, 11) is 0. The van der Waals surface area contributed by atoms with Crippen LogP contribution in [0.25, 0.3) is 0 Å². The quantitative estimate of drug-likeness (QED) is 0.852. The first-order valence-corrected chi connectivity index (χ1v) is 4.84. The van der Waals surface area contributed by atoms with Crippen LogP contribution in [0.15, 0.2) is 10.9 Å². The molecule has 0 atom stereocenters. The van der Waals surface area contributed by atoms with E-state index in [0.29, 0.717) is 0 Å². The van der Waals surface area contributed by atoms with Crippen LogP contribution in [-0.2, 0) is 12.3 Å². The summed E-state index contributed by atoms with van der Waals surface area (Å²) in [5, 5.41) is 8.41. The maximum atomic E-state index is 12.0. The van der Waals surface area contributed by atoms with Crippen LogP contribution in [0.2, 0.25) is 0 Å². The Morgan fingerprint density at radius 3 is 2.65 bits per heavy atom. The van der Waals surface area contributed by atoms with E-state index in [4.69, 9.17) is 16.9 Å². The number of pyridine rings is 1. The van der Waals surface area contributed by atoms with Gasteiger partial charge in [0.05, 0.1) is 24.1 Å². The molecule has 0 saturated carbocycles. The van der Waals surface area contributed by atoms with Gasteiger partial charge in [0.25, 0.3) is 0 Å². The SMILES string of the molecule is N#CCc1cc(=O)c(OC(F)(F)F)c(CCl)[nH]1. The molecule has 0 aliphatic rings. The second-order valence-corrected chi connectivity index (χ2v) is 3.25. The third kappa shape index (κ3) is 3.67. The molecule has 1 rings (SSSR count). The Bertz CT molecular complexity index is 504. The number of hydrogen-bond donors (Lipinski definition) is 1. The lowest BCUT2D eigenvalue weighted by atomic mass is 10.2. The molecule has 0 unspecified atom stereocenters. The molecule has 0 amide bonds. The minimum absolute atomic E-state index is 0.134. The molecule has 1 N–H and O–H groups in total. The Labute approximate surface area is 98.6 Å². The van der Waals surface area contributed by atoms with Gasteiger partial charge in [0.15, 0.2) is 5.75 Å². The Hall–Kier alpha value is -1.68. The van der Waals surface area contributed by atoms with E-state index in [1.807, 2.05) is 0 Å². The van der Waals surface area contributed by atoms with E-state index in [9.17, 15) is 18.0 Å². The number of rotatable bonds is 3. The van der Waals surface area contributed by atoms with Crippen molar-refractivity contribution in [1.29, 1.82) is 5.26 Å². The largest absolute Gasteiger partial charge is 0.573 e. The molecule has 4 nitrogen and oxygen atoms in total. The Balaban J connectivity index is 3.23. The molecule has 17 heavy (non-hydrogen) atoms. The van der Waals surface area contributed by atoms with Gasteiger partial charge in [0.1, 0.15) is 0 Å². The number of nitrogens with zero attached hydrogens (tertiary/aromatic N) is 1. The van der Waals surface area contributed by atoms with E-state index < -0.39 is 17.5 Å². The number of nitrogens with one attached hydrogen (secondary N) is 1. The van der Waals surface area contributed by atoms with E-state index in [0.717, 1.165) is 6.07 Å². The molecule has 0 fully saturated rings. The fourth-order valence-electron chi connectivity index (χ4n) is 1.16. The fraction of sp³-hybridized carbons (Fsp3) is 0.333. The van der Waals surface area contributed by atoms with Crippen LogP contribution in [-0.4, -0.2) is 11.3 Å². The Morgan fingerprint density at radius 1 is 1.53 bits per heavy atom. The third-order valence-corrected chi connectivity index (χ3v) is 2.00. The smallest absolute Gasteiger partial charge is 0.400 e. The first kappa shape index (κ1) is 13.4. The van der Waals surface area contributed by atoms with Gasteiger partial charge < -0.3 is 9.72 Å². The lowest BCUT2D eigenvalue weighted by molar-refractivity contribution is -0.275. The van der Waals surface area contributed by atoms with E-state index in [2.05, 4.69) is 9.72 Å². The third-order valence-electron chi connectivity index (χ3n) is 1.74. The van der Waals surface area contributed by atoms with Crippen molar-refractivity contribution in [3.05, 3.63) is 27.7 Å². The van der Waals surface area contributed by atoms with Crippen LogP contribution in [0, 0.1) is 11.3 Å². The van der Waals surface area contributed by atoms with Crippen LogP contribution in [0.5, 0.6) is 5.75 Å². The summed E-state index contributed by atoms with van der Waals surface area (Å²) in [6.45, 7) is 0. The summed E-state index contributed by atoms with van der Waals surface area (Å²) in [5.41, 5.74) is -0.994. The number of halogens is 4. The number of aromatic amines is 1. The van der Waals surface area contributed by atoms with Crippen molar-refractivity contribution in [2.24, 2.45) is 0 Å². The van der Waals surface area contributed by atoms with Gasteiger partial charge in [0, 0.05) is 11.8 Å². The average Bonchev–Trinajstić information content (AvgIpc) is 2.20. The van der Waals surface area contributed by atoms with Crippen molar-refractivity contribution in [3.63, 3.8) is 0 Å². The Kier molecular flexibility index (Phi) is 4.02. The Morgan fingerprint density at radius 2 is 2.18 bits per heavy atom. The molecule has 92 valence electrons. The summed E-state index contributed by atoms with van der Waals surface area (Å²) in [6, 6.07) is 2.63. The summed E-state index contributed by atoms with van der Waals surface area (Å²) in [6.07, 6.45) is -5.10. The number of aromatic nitrogens is 1. The van der Waals surface area contributed by atoms with Gasteiger partial charge >= 0.3 is 6.36 Å². The average molecular weight is 267 g/mol.